The van der Waals surface area contributed by atoms with E-state index in [-0.39, 0.29) is 5.56 Å². The van der Waals surface area contributed by atoms with Gasteiger partial charge in [-0.2, -0.15) is 0 Å². The van der Waals surface area contributed by atoms with E-state index in [1.54, 1.807) is 26.0 Å². The van der Waals surface area contributed by atoms with Gasteiger partial charge in [-0.1, -0.05) is 11.6 Å². The van der Waals surface area contributed by atoms with Gasteiger partial charge in [-0.3, -0.25) is 0 Å². The number of aryl methyl sites for hydroxylation is 1. The van der Waals surface area contributed by atoms with Crippen molar-refractivity contribution < 1.29 is 15.0 Å². The molecule has 0 amide bonds. The molecule has 1 aromatic carbocycles. The number of carbonyl (C=O) groups is 1. The zero-order chi connectivity index (χ0) is 13.9. The highest BCUT2D eigenvalue weighted by molar-refractivity contribution is 5.94. The molecule has 0 atom stereocenters. The van der Waals surface area contributed by atoms with E-state index in [4.69, 9.17) is 0 Å². The molecule has 18 heavy (non-hydrogen) atoms. The lowest BCUT2D eigenvalue weighted by molar-refractivity contribution is 0.0694. The average Bonchev–Trinajstić information content (AvgIpc) is 2.24. The summed E-state index contributed by atoms with van der Waals surface area (Å²) in [6, 6.07) is 5.34. The topological polar surface area (TPSA) is 60.8 Å². The van der Waals surface area contributed by atoms with E-state index in [9.17, 15) is 15.0 Å². The maximum absolute atomic E-state index is 11.3. The molecule has 0 unspecified atom stereocenters. The molecule has 0 saturated carbocycles. The lowest BCUT2D eigenvalue weighted by atomic mass is 10.1. The second kappa shape index (κ2) is 5.40. The minimum Gasteiger partial charge on any atom is -0.478 e. The first-order valence-electron chi connectivity index (χ1n) is 6.06. The highest BCUT2D eigenvalue weighted by Crippen LogP contribution is 2.23. The normalized spacial score (nSPS) is 11.4. The third kappa shape index (κ3) is 3.74. The number of hydrogen-bond donors (Lipinski definition) is 2. The molecule has 2 N–H and O–H groups in total. The van der Waals surface area contributed by atoms with Crippen LogP contribution in [0.1, 0.15) is 36.7 Å². The molecule has 0 aliphatic rings. The monoisotopic (exact) mass is 251 g/mol. The SMILES string of the molecule is CCN(CC(C)(C)O)c1ccc(C)cc1C(=O)O. The molecule has 100 valence electrons. The van der Waals surface area contributed by atoms with E-state index >= 15 is 0 Å². The summed E-state index contributed by atoms with van der Waals surface area (Å²) in [6.45, 7) is 8.27. The molecule has 0 spiro atoms. The zero-order valence-electron chi connectivity index (χ0n) is 11.4. The molecule has 4 nitrogen and oxygen atoms in total. The Morgan fingerprint density at radius 3 is 2.44 bits per heavy atom. The Kier molecular flexibility index (Phi) is 4.35. The molecule has 0 aromatic heterocycles. The highest BCUT2D eigenvalue weighted by Gasteiger charge is 2.21. The summed E-state index contributed by atoms with van der Waals surface area (Å²) in [7, 11) is 0. The third-order valence-electron chi connectivity index (χ3n) is 2.68. The number of hydrogen-bond acceptors (Lipinski definition) is 3. The van der Waals surface area contributed by atoms with Crippen LogP contribution in [0, 0.1) is 6.92 Å². The highest BCUT2D eigenvalue weighted by atomic mass is 16.4. The van der Waals surface area contributed by atoms with Gasteiger partial charge < -0.3 is 15.1 Å². The summed E-state index contributed by atoms with van der Waals surface area (Å²) < 4.78 is 0. The predicted molar refractivity (Wildman–Crippen MR) is 72.3 cm³/mol. The maximum atomic E-state index is 11.3. The van der Waals surface area contributed by atoms with Crippen molar-refractivity contribution >= 4 is 11.7 Å². The third-order valence-corrected chi connectivity index (χ3v) is 2.68. The van der Waals surface area contributed by atoms with Crippen molar-refractivity contribution in [3.63, 3.8) is 0 Å². The summed E-state index contributed by atoms with van der Waals surface area (Å²) in [6.07, 6.45) is 0. The lowest BCUT2D eigenvalue weighted by Gasteiger charge is -2.31. The summed E-state index contributed by atoms with van der Waals surface area (Å²) in [5.41, 5.74) is 0.978. The number of nitrogens with zero attached hydrogens (tertiary/aromatic N) is 1. The van der Waals surface area contributed by atoms with Crippen molar-refractivity contribution in [2.75, 3.05) is 18.0 Å². The average molecular weight is 251 g/mol. The Balaban J connectivity index is 3.17. The van der Waals surface area contributed by atoms with Gasteiger partial charge in [0.2, 0.25) is 0 Å². The van der Waals surface area contributed by atoms with Crippen LogP contribution in [0.25, 0.3) is 0 Å². The first kappa shape index (κ1) is 14.5. The quantitative estimate of drug-likeness (QED) is 0.843. The van der Waals surface area contributed by atoms with Crippen LogP contribution in [-0.2, 0) is 0 Å². The second-order valence-electron chi connectivity index (χ2n) is 5.15. The molecule has 0 bridgehead atoms. The van der Waals surface area contributed by atoms with Crippen LogP contribution < -0.4 is 4.90 Å². The van der Waals surface area contributed by atoms with Gasteiger partial charge in [0.25, 0.3) is 0 Å². The van der Waals surface area contributed by atoms with Gasteiger partial charge in [-0.15, -0.1) is 0 Å². The molecule has 1 aromatic rings. The number of carboxylic acid groups (broad SMARTS) is 1. The largest absolute Gasteiger partial charge is 0.478 e. The van der Waals surface area contributed by atoms with E-state index in [1.165, 1.54) is 0 Å². The van der Waals surface area contributed by atoms with Crippen molar-refractivity contribution in [1.82, 2.24) is 0 Å². The molecule has 0 radical (unpaired) electrons. The van der Waals surface area contributed by atoms with Crippen LogP contribution in [-0.4, -0.2) is 34.9 Å². The van der Waals surface area contributed by atoms with Crippen LogP contribution in [0.5, 0.6) is 0 Å². The molecule has 4 heteroatoms. The van der Waals surface area contributed by atoms with Crippen LogP contribution in [0.15, 0.2) is 18.2 Å². The number of benzene rings is 1. The van der Waals surface area contributed by atoms with Crippen molar-refractivity contribution in [3.05, 3.63) is 29.3 Å². The van der Waals surface area contributed by atoms with Gasteiger partial charge in [-0.05, 0) is 39.8 Å². The number of likely N-dealkylation sites (N-methyl/N-ethyl adjacent to an activating group) is 1. The molecule has 0 heterocycles. The van der Waals surface area contributed by atoms with E-state index in [2.05, 4.69) is 0 Å². The van der Waals surface area contributed by atoms with E-state index in [0.717, 1.165) is 5.56 Å². The van der Waals surface area contributed by atoms with E-state index < -0.39 is 11.6 Å². The smallest absolute Gasteiger partial charge is 0.337 e. The zero-order valence-corrected chi connectivity index (χ0v) is 11.4. The number of anilines is 1. The summed E-state index contributed by atoms with van der Waals surface area (Å²) in [5, 5.41) is 19.1. The number of aliphatic hydroxyl groups is 1. The maximum Gasteiger partial charge on any atom is 0.337 e. The van der Waals surface area contributed by atoms with Gasteiger partial charge in [0.1, 0.15) is 0 Å². The van der Waals surface area contributed by atoms with E-state index in [1.807, 2.05) is 24.8 Å². The first-order chi connectivity index (χ1) is 8.24. The molecular formula is C14H21NO3. The van der Waals surface area contributed by atoms with Crippen LogP contribution in [0.4, 0.5) is 5.69 Å². The summed E-state index contributed by atoms with van der Waals surface area (Å²) in [5.74, 6) is -0.942. The van der Waals surface area contributed by atoms with Gasteiger partial charge in [0.05, 0.1) is 16.9 Å². The van der Waals surface area contributed by atoms with Gasteiger partial charge >= 0.3 is 5.97 Å². The van der Waals surface area contributed by atoms with Crippen LogP contribution in [0.2, 0.25) is 0 Å². The van der Waals surface area contributed by atoms with E-state index in [0.29, 0.717) is 18.8 Å². The Morgan fingerprint density at radius 1 is 1.39 bits per heavy atom. The van der Waals surface area contributed by atoms with Crippen LogP contribution in [0.3, 0.4) is 0 Å². The number of rotatable bonds is 5. The Labute approximate surface area is 108 Å². The van der Waals surface area contributed by atoms with Crippen LogP contribution >= 0.6 is 0 Å². The molecule has 1 rings (SSSR count). The Bertz CT molecular complexity index is 435. The summed E-state index contributed by atoms with van der Waals surface area (Å²) >= 11 is 0. The summed E-state index contributed by atoms with van der Waals surface area (Å²) in [4.78, 5) is 13.1. The molecule has 0 fully saturated rings. The van der Waals surface area contributed by atoms with Gasteiger partial charge in [0.15, 0.2) is 0 Å². The van der Waals surface area contributed by atoms with Crippen molar-refractivity contribution in [2.45, 2.75) is 33.3 Å². The first-order valence-corrected chi connectivity index (χ1v) is 6.06. The molecule has 0 aliphatic heterocycles. The number of carboxylic acids is 1. The fourth-order valence-electron chi connectivity index (χ4n) is 1.93. The Hall–Kier alpha value is -1.55. The fraction of sp³-hybridized carbons (Fsp3) is 0.500. The van der Waals surface area contributed by atoms with Crippen molar-refractivity contribution in [3.8, 4) is 0 Å². The van der Waals surface area contributed by atoms with Crippen molar-refractivity contribution in [2.24, 2.45) is 0 Å². The predicted octanol–water partition coefficient (Wildman–Crippen LogP) is 2.29. The van der Waals surface area contributed by atoms with Crippen molar-refractivity contribution in [1.29, 1.82) is 0 Å². The minimum absolute atomic E-state index is 0.279. The molecule has 0 saturated heterocycles. The molecular weight excluding hydrogens is 230 g/mol. The Morgan fingerprint density at radius 2 is 2.00 bits per heavy atom. The second-order valence-corrected chi connectivity index (χ2v) is 5.15. The standard InChI is InChI=1S/C14H21NO3/c1-5-15(9-14(3,4)18)12-7-6-10(2)8-11(12)13(16)17/h6-8,18H,5,9H2,1-4H3,(H,16,17). The number of aromatic carboxylic acids is 1. The van der Waals surface area contributed by atoms with Gasteiger partial charge in [0, 0.05) is 13.1 Å². The van der Waals surface area contributed by atoms with Gasteiger partial charge in [-0.25, -0.2) is 4.79 Å². The fourth-order valence-corrected chi connectivity index (χ4v) is 1.93. The minimum atomic E-state index is -0.942. The lowest BCUT2D eigenvalue weighted by Crippen LogP contribution is -2.39. The molecule has 0 aliphatic carbocycles.